The van der Waals surface area contributed by atoms with Crippen LogP contribution in [-0.4, -0.2) is 41.1 Å². The summed E-state index contributed by atoms with van der Waals surface area (Å²) in [4.78, 5) is 30.7. The highest BCUT2D eigenvalue weighted by Crippen LogP contribution is 2.61. The van der Waals surface area contributed by atoms with E-state index in [1.165, 1.54) is 13.2 Å². The first-order valence-corrected chi connectivity index (χ1v) is 18.3. The van der Waals surface area contributed by atoms with Crippen LogP contribution in [0.5, 0.6) is 0 Å². The Morgan fingerprint density at radius 3 is 2.02 bits per heavy atom. The smallest absolute Gasteiger partial charge is 0.307 e. The van der Waals surface area contributed by atoms with E-state index < -0.39 is 16.8 Å². The summed E-state index contributed by atoms with van der Waals surface area (Å²) in [7, 11) is 1.39. The molecule has 0 radical (unpaired) electrons. The van der Waals surface area contributed by atoms with Gasteiger partial charge in [-0.05, 0) is 84.8 Å². The van der Waals surface area contributed by atoms with Gasteiger partial charge in [-0.2, -0.15) is 0 Å². The molecule has 0 saturated heterocycles. The van der Waals surface area contributed by atoms with E-state index in [1.807, 2.05) is 73.2 Å². The lowest BCUT2D eigenvalue weighted by molar-refractivity contribution is -0.170. The molecule has 4 fully saturated rings. The Morgan fingerprint density at radius 2 is 1.44 bits per heavy atom. The molecular weight excluding hydrogens is 652 g/mol. The van der Waals surface area contributed by atoms with E-state index in [4.69, 9.17) is 14.5 Å². The Balaban J connectivity index is 1.12. The average Bonchev–Trinajstić information content (AvgIpc) is 3.67. The van der Waals surface area contributed by atoms with E-state index in [9.17, 15) is 9.59 Å². The second-order valence-corrected chi connectivity index (χ2v) is 14.8. The lowest BCUT2D eigenvalue weighted by Gasteiger charge is -2.58. The van der Waals surface area contributed by atoms with Crippen molar-refractivity contribution in [2.45, 2.75) is 50.2 Å². The third-order valence-corrected chi connectivity index (χ3v) is 11.8. The number of nitrogens with zero attached hydrogens (tertiary/aromatic N) is 2. The van der Waals surface area contributed by atoms with Crippen LogP contribution in [-0.2, 0) is 24.6 Å². The van der Waals surface area contributed by atoms with Crippen molar-refractivity contribution in [2.75, 3.05) is 13.7 Å². The first kappa shape index (κ1) is 34.0. The fraction of sp³-hybridized carbons (Fsp3) is 0.311. The van der Waals surface area contributed by atoms with Gasteiger partial charge < -0.3 is 14.0 Å². The minimum atomic E-state index is -0.756. The van der Waals surface area contributed by atoms with Crippen LogP contribution in [0.2, 0.25) is 0 Å². The number of allylic oxidation sites excluding steroid dienone is 1. The largest absolute Gasteiger partial charge is 0.469 e. The van der Waals surface area contributed by atoms with E-state index in [0.717, 1.165) is 48.8 Å². The molecule has 264 valence electrons. The van der Waals surface area contributed by atoms with Gasteiger partial charge in [0, 0.05) is 22.7 Å². The molecule has 0 spiro atoms. The quantitative estimate of drug-likeness (QED) is 0.0742. The van der Waals surface area contributed by atoms with Gasteiger partial charge in [0.1, 0.15) is 11.4 Å². The summed E-state index contributed by atoms with van der Waals surface area (Å²) in [5.74, 6) is 0.448. The molecule has 4 saturated carbocycles. The Kier molecular flexibility index (Phi) is 9.22. The minimum absolute atomic E-state index is 0.0640. The molecule has 7 heteroatoms. The highest BCUT2D eigenvalue weighted by atomic mass is 19.1. The summed E-state index contributed by atoms with van der Waals surface area (Å²) in [6.07, 6.45) is 11.9. The molecule has 2 unspecified atom stereocenters. The van der Waals surface area contributed by atoms with Crippen LogP contribution in [0.4, 0.5) is 4.39 Å². The predicted octanol–water partition coefficient (Wildman–Crippen LogP) is 8.89. The predicted molar refractivity (Wildman–Crippen MR) is 199 cm³/mol. The zero-order valence-corrected chi connectivity index (χ0v) is 29.4. The maximum atomic E-state index is 15.8. The number of rotatable bonds is 12. The highest BCUT2D eigenvalue weighted by molar-refractivity contribution is 5.99. The van der Waals surface area contributed by atoms with Gasteiger partial charge in [0.05, 0.1) is 38.3 Å². The SMILES string of the molecule is COC(=O)CCOC1C2CC3CC1CC(C(=O)/C=C/c1c(F)cccc1-c1cn(C(c4ccccc4)(c4ccccc4)c4ccccc4)cn1)(C3)C2. The van der Waals surface area contributed by atoms with Gasteiger partial charge in [-0.3, -0.25) is 9.59 Å². The lowest BCUT2D eigenvalue weighted by Crippen LogP contribution is -2.56. The van der Waals surface area contributed by atoms with E-state index in [2.05, 4.69) is 41.0 Å². The molecule has 0 amide bonds. The Morgan fingerprint density at radius 1 is 0.846 bits per heavy atom. The van der Waals surface area contributed by atoms with Gasteiger partial charge in [0.15, 0.2) is 5.78 Å². The highest BCUT2D eigenvalue weighted by Gasteiger charge is 2.58. The van der Waals surface area contributed by atoms with Crippen molar-refractivity contribution in [3.63, 3.8) is 0 Å². The zero-order chi connectivity index (χ0) is 35.7. The minimum Gasteiger partial charge on any atom is -0.469 e. The van der Waals surface area contributed by atoms with Gasteiger partial charge in [0.25, 0.3) is 0 Å². The molecule has 4 bridgehead atoms. The maximum absolute atomic E-state index is 15.8. The van der Waals surface area contributed by atoms with Gasteiger partial charge in [-0.15, -0.1) is 0 Å². The van der Waals surface area contributed by atoms with Crippen LogP contribution < -0.4 is 0 Å². The summed E-state index contributed by atoms with van der Waals surface area (Å²) in [5, 5.41) is 0. The first-order valence-electron chi connectivity index (χ1n) is 18.3. The molecule has 5 aromatic rings. The Bertz CT molecular complexity index is 1960. The molecule has 4 aliphatic carbocycles. The summed E-state index contributed by atoms with van der Waals surface area (Å²) >= 11 is 0. The number of benzene rings is 4. The number of hydrogen-bond donors (Lipinski definition) is 0. The second kappa shape index (κ2) is 14.1. The number of methoxy groups -OCH3 is 1. The molecule has 4 aliphatic rings. The molecule has 9 rings (SSSR count). The number of aromatic nitrogens is 2. The topological polar surface area (TPSA) is 70.4 Å². The van der Waals surface area contributed by atoms with Crippen LogP contribution in [0.3, 0.4) is 0 Å². The molecule has 0 aliphatic heterocycles. The van der Waals surface area contributed by atoms with E-state index in [0.29, 0.717) is 29.3 Å². The van der Waals surface area contributed by atoms with Crippen molar-refractivity contribution in [1.29, 1.82) is 0 Å². The molecule has 2 atom stereocenters. The normalized spacial score (nSPS) is 23.6. The molecule has 0 N–H and O–H groups in total. The van der Waals surface area contributed by atoms with Crippen LogP contribution in [0.25, 0.3) is 17.3 Å². The van der Waals surface area contributed by atoms with Crippen LogP contribution >= 0.6 is 0 Å². The van der Waals surface area contributed by atoms with Gasteiger partial charge in [0.2, 0.25) is 0 Å². The maximum Gasteiger partial charge on any atom is 0.307 e. The lowest BCUT2D eigenvalue weighted by atomic mass is 9.47. The van der Waals surface area contributed by atoms with Crippen molar-refractivity contribution < 1.29 is 23.5 Å². The van der Waals surface area contributed by atoms with Crippen LogP contribution in [0, 0.1) is 29.0 Å². The first-order chi connectivity index (χ1) is 25.4. The number of hydrogen-bond acceptors (Lipinski definition) is 5. The standard InChI is InChI=1S/C45H43FN2O4/c1-51-42(50)22-23-52-43-32-24-31-25-33(43)28-44(26-31,27-32)41(49)21-20-37-38(18-11-19-39(37)46)40-29-48(30-47-40)45(34-12-5-2-6-13-34,35-14-7-3-8-15-35)36-16-9-4-10-17-36/h2-21,29-33,43H,22-28H2,1H3/b21-20+. The fourth-order valence-electron chi connectivity index (χ4n) is 9.83. The summed E-state index contributed by atoms with van der Waals surface area (Å²) < 4.78 is 28.9. The number of esters is 1. The Labute approximate surface area is 304 Å². The van der Waals surface area contributed by atoms with E-state index in [-0.39, 0.29) is 36.1 Å². The van der Waals surface area contributed by atoms with Crippen molar-refractivity contribution >= 4 is 17.8 Å². The van der Waals surface area contributed by atoms with Crippen molar-refractivity contribution in [2.24, 2.45) is 23.2 Å². The van der Waals surface area contributed by atoms with Gasteiger partial charge in [-0.25, -0.2) is 9.37 Å². The van der Waals surface area contributed by atoms with Crippen molar-refractivity contribution in [1.82, 2.24) is 9.55 Å². The molecule has 6 nitrogen and oxygen atoms in total. The second-order valence-electron chi connectivity index (χ2n) is 14.8. The molecular formula is C45H43FN2O4. The number of carbonyl (C=O) groups excluding carboxylic acids is 2. The third kappa shape index (κ3) is 6.01. The molecule has 52 heavy (non-hydrogen) atoms. The molecule has 1 heterocycles. The summed E-state index contributed by atoms with van der Waals surface area (Å²) in [6, 6.07) is 36.1. The van der Waals surface area contributed by atoms with E-state index in [1.54, 1.807) is 18.2 Å². The van der Waals surface area contributed by atoms with Crippen molar-refractivity contribution in [3.05, 3.63) is 156 Å². The summed E-state index contributed by atoms with van der Waals surface area (Å²) in [5.41, 5.74) is 3.56. The average molecular weight is 695 g/mol. The Hall–Kier alpha value is -5.14. The number of ether oxygens (including phenoxy) is 2. The van der Waals surface area contributed by atoms with Gasteiger partial charge in [-0.1, -0.05) is 103 Å². The number of imidazole rings is 1. The summed E-state index contributed by atoms with van der Waals surface area (Å²) in [6.45, 7) is 0.338. The number of halogens is 1. The molecule has 1 aromatic heterocycles. The fourth-order valence-corrected chi connectivity index (χ4v) is 9.83. The van der Waals surface area contributed by atoms with Crippen LogP contribution in [0.15, 0.2) is 128 Å². The van der Waals surface area contributed by atoms with Gasteiger partial charge >= 0.3 is 5.97 Å². The van der Waals surface area contributed by atoms with Crippen LogP contribution in [0.1, 0.15) is 60.8 Å². The number of ketones is 1. The molecule has 4 aromatic carbocycles. The number of carbonyl (C=O) groups is 2. The monoisotopic (exact) mass is 694 g/mol. The third-order valence-electron chi connectivity index (χ3n) is 11.8. The van der Waals surface area contributed by atoms with E-state index >= 15 is 4.39 Å². The zero-order valence-electron chi connectivity index (χ0n) is 29.4. The van der Waals surface area contributed by atoms with Crippen molar-refractivity contribution in [3.8, 4) is 11.3 Å².